The van der Waals surface area contributed by atoms with Crippen molar-refractivity contribution in [3.8, 4) is 0 Å². The summed E-state index contributed by atoms with van der Waals surface area (Å²) in [7, 11) is 1.76. The molecular formula is C11H23N3O2. The molecule has 0 aromatic heterocycles. The SMILES string of the molecule is COC1CCCN(C(C)CCC(=O)NN)C1. The Hall–Kier alpha value is -0.650. The van der Waals surface area contributed by atoms with Crippen LogP contribution in [0.5, 0.6) is 0 Å². The molecule has 2 atom stereocenters. The lowest BCUT2D eigenvalue weighted by molar-refractivity contribution is -0.121. The number of nitrogens with zero attached hydrogens (tertiary/aromatic N) is 1. The van der Waals surface area contributed by atoms with Crippen LogP contribution in [0.15, 0.2) is 0 Å². The number of carbonyl (C=O) groups is 1. The lowest BCUT2D eigenvalue weighted by atomic mass is 10.0. The predicted octanol–water partition coefficient (Wildman–Crippen LogP) is 0.256. The van der Waals surface area contributed by atoms with Gasteiger partial charge >= 0.3 is 0 Å². The fraction of sp³-hybridized carbons (Fsp3) is 0.909. The van der Waals surface area contributed by atoms with E-state index < -0.39 is 0 Å². The quantitative estimate of drug-likeness (QED) is 0.403. The summed E-state index contributed by atoms with van der Waals surface area (Å²) in [5, 5.41) is 0. The summed E-state index contributed by atoms with van der Waals surface area (Å²) in [6.45, 7) is 4.23. The molecule has 1 fully saturated rings. The highest BCUT2D eigenvalue weighted by Crippen LogP contribution is 2.17. The Bertz CT molecular complexity index is 223. The van der Waals surface area contributed by atoms with Gasteiger partial charge in [0.25, 0.3) is 0 Å². The van der Waals surface area contributed by atoms with Crippen molar-refractivity contribution < 1.29 is 9.53 Å². The Morgan fingerprint density at radius 3 is 3.06 bits per heavy atom. The normalized spacial score (nSPS) is 24.1. The molecule has 1 saturated heterocycles. The molecule has 2 unspecified atom stereocenters. The van der Waals surface area contributed by atoms with Crippen LogP contribution >= 0.6 is 0 Å². The molecular weight excluding hydrogens is 206 g/mol. The van der Waals surface area contributed by atoms with Crippen LogP contribution < -0.4 is 11.3 Å². The van der Waals surface area contributed by atoms with Gasteiger partial charge in [0.15, 0.2) is 0 Å². The molecule has 0 aromatic carbocycles. The van der Waals surface area contributed by atoms with Crippen LogP contribution in [0.1, 0.15) is 32.6 Å². The van der Waals surface area contributed by atoms with E-state index in [1.165, 1.54) is 6.42 Å². The molecule has 0 aliphatic carbocycles. The Balaban J connectivity index is 2.29. The third kappa shape index (κ3) is 4.08. The third-order valence-electron chi connectivity index (χ3n) is 3.32. The minimum absolute atomic E-state index is 0.0906. The van der Waals surface area contributed by atoms with Crippen LogP contribution in [0.3, 0.4) is 0 Å². The average Bonchev–Trinajstić information content (AvgIpc) is 2.35. The lowest BCUT2D eigenvalue weighted by Crippen LogP contribution is -2.44. The smallest absolute Gasteiger partial charge is 0.233 e. The van der Waals surface area contributed by atoms with Crippen molar-refractivity contribution in [2.75, 3.05) is 20.2 Å². The van der Waals surface area contributed by atoms with E-state index in [-0.39, 0.29) is 5.91 Å². The maximum Gasteiger partial charge on any atom is 0.233 e. The number of hydrazine groups is 1. The van der Waals surface area contributed by atoms with Gasteiger partial charge in [0.05, 0.1) is 6.10 Å². The van der Waals surface area contributed by atoms with E-state index >= 15 is 0 Å². The third-order valence-corrected chi connectivity index (χ3v) is 3.32. The minimum atomic E-state index is -0.0906. The summed E-state index contributed by atoms with van der Waals surface area (Å²) < 4.78 is 5.38. The first-order chi connectivity index (χ1) is 7.67. The summed E-state index contributed by atoms with van der Waals surface area (Å²) in [6, 6.07) is 0.412. The number of nitrogens with two attached hydrogens (primary N) is 1. The molecule has 0 saturated carbocycles. The standard InChI is InChI=1S/C11H23N3O2/c1-9(5-6-11(15)13-12)14-7-3-4-10(8-14)16-2/h9-10H,3-8,12H2,1-2H3,(H,13,15). The van der Waals surface area contributed by atoms with Crippen LogP contribution in [0.2, 0.25) is 0 Å². The van der Waals surface area contributed by atoms with Gasteiger partial charge in [-0.05, 0) is 32.7 Å². The van der Waals surface area contributed by atoms with Gasteiger partial charge < -0.3 is 4.74 Å². The number of methoxy groups -OCH3 is 1. The van der Waals surface area contributed by atoms with Crippen molar-refractivity contribution in [1.29, 1.82) is 0 Å². The zero-order chi connectivity index (χ0) is 12.0. The van der Waals surface area contributed by atoms with Crippen LogP contribution in [0.25, 0.3) is 0 Å². The summed E-state index contributed by atoms with van der Waals surface area (Å²) in [5.41, 5.74) is 2.16. The Kier molecular flexibility index (Phi) is 5.73. The molecule has 16 heavy (non-hydrogen) atoms. The van der Waals surface area contributed by atoms with Gasteiger partial charge in [-0.25, -0.2) is 5.84 Å². The number of carbonyl (C=O) groups excluding carboxylic acids is 1. The minimum Gasteiger partial charge on any atom is -0.380 e. The summed E-state index contributed by atoms with van der Waals surface area (Å²) in [6.07, 6.45) is 4.00. The summed E-state index contributed by atoms with van der Waals surface area (Å²) in [4.78, 5) is 13.4. The zero-order valence-electron chi connectivity index (χ0n) is 10.2. The number of amides is 1. The van der Waals surface area contributed by atoms with E-state index in [0.29, 0.717) is 18.6 Å². The summed E-state index contributed by atoms with van der Waals surface area (Å²) in [5.74, 6) is 4.96. The zero-order valence-corrected chi connectivity index (χ0v) is 10.2. The van der Waals surface area contributed by atoms with Gasteiger partial charge in [-0.3, -0.25) is 15.1 Å². The molecule has 1 rings (SSSR count). The highest BCUT2D eigenvalue weighted by Gasteiger charge is 2.23. The van der Waals surface area contributed by atoms with E-state index in [1.54, 1.807) is 7.11 Å². The van der Waals surface area contributed by atoms with E-state index in [2.05, 4.69) is 17.2 Å². The van der Waals surface area contributed by atoms with Crippen molar-refractivity contribution in [2.24, 2.45) is 5.84 Å². The lowest BCUT2D eigenvalue weighted by Gasteiger charge is -2.36. The molecule has 0 radical (unpaired) electrons. The molecule has 0 bridgehead atoms. The van der Waals surface area contributed by atoms with Crippen LogP contribution in [-0.2, 0) is 9.53 Å². The van der Waals surface area contributed by atoms with Crippen molar-refractivity contribution in [1.82, 2.24) is 10.3 Å². The Labute approximate surface area is 97.3 Å². The van der Waals surface area contributed by atoms with E-state index in [1.807, 2.05) is 0 Å². The summed E-state index contributed by atoms with van der Waals surface area (Å²) >= 11 is 0. The average molecular weight is 229 g/mol. The second-order valence-corrected chi connectivity index (χ2v) is 4.45. The van der Waals surface area contributed by atoms with Gasteiger partial charge in [0.1, 0.15) is 0 Å². The molecule has 1 aliphatic heterocycles. The topological polar surface area (TPSA) is 67.6 Å². The fourth-order valence-electron chi connectivity index (χ4n) is 2.15. The number of nitrogens with one attached hydrogen (secondary N) is 1. The van der Waals surface area contributed by atoms with Gasteiger partial charge in [0.2, 0.25) is 5.91 Å². The highest BCUT2D eigenvalue weighted by atomic mass is 16.5. The molecule has 1 aliphatic rings. The van der Waals surface area contributed by atoms with Gasteiger partial charge in [-0.15, -0.1) is 0 Å². The van der Waals surface area contributed by atoms with Crippen molar-refractivity contribution in [3.05, 3.63) is 0 Å². The number of ether oxygens (including phenoxy) is 1. The number of rotatable bonds is 5. The second-order valence-electron chi connectivity index (χ2n) is 4.45. The second kappa shape index (κ2) is 6.83. The monoisotopic (exact) mass is 229 g/mol. The Morgan fingerprint density at radius 1 is 1.69 bits per heavy atom. The molecule has 1 amide bonds. The van der Waals surface area contributed by atoms with E-state index in [0.717, 1.165) is 25.9 Å². The maximum atomic E-state index is 11.0. The number of hydrogen-bond acceptors (Lipinski definition) is 4. The molecule has 0 aromatic rings. The van der Waals surface area contributed by atoms with Crippen LogP contribution in [0.4, 0.5) is 0 Å². The van der Waals surface area contributed by atoms with Crippen LogP contribution in [-0.4, -0.2) is 43.2 Å². The number of piperidine rings is 1. The fourth-order valence-corrected chi connectivity index (χ4v) is 2.15. The molecule has 1 heterocycles. The van der Waals surface area contributed by atoms with E-state index in [4.69, 9.17) is 10.6 Å². The molecule has 5 heteroatoms. The van der Waals surface area contributed by atoms with Gasteiger partial charge in [-0.1, -0.05) is 0 Å². The van der Waals surface area contributed by atoms with E-state index in [9.17, 15) is 4.79 Å². The first kappa shape index (κ1) is 13.4. The molecule has 3 N–H and O–H groups in total. The number of likely N-dealkylation sites (tertiary alicyclic amines) is 1. The molecule has 5 nitrogen and oxygen atoms in total. The molecule has 94 valence electrons. The van der Waals surface area contributed by atoms with Gasteiger partial charge in [-0.2, -0.15) is 0 Å². The van der Waals surface area contributed by atoms with Crippen molar-refractivity contribution >= 4 is 5.91 Å². The highest BCUT2D eigenvalue weighted by molar-refractivity contribution is 5.75. The van der Waals surface area contributed by atoms with Crippen molar-refractivity contribution in [2.45, 2.75) is 44.8 Å². The van der Waals surface area contributed by atoms with Crippen molar-refractivity contribution in [3.63, 3.8) is 0 Å². The van der Waals surface area contributed by atoms with Crippen LogP contribution in [0, 0.1) is 0 Å². The number of hydrogen-bond donors (Lipinski definition) is 2. The largest absolute Gasteiger partial charge is 0.380 e. The Morgan fingerprint density at radius 2 is 2.44 bits per heavy atom. The first-order valence-electron chi connectivity index (χ1n) is 5.93. The first-order valence-corrected chi connectivity index (χ1v) is 5.93. The van der Waals surface area contributed by atoms with Gasteiger partial charge in [0, 0.05) is 26.1 Å². The maximum absolute atomic E-state index is 11.0. The predicted molar refractivity (Wildman–Crippen MR) is 62.6 cm³/mol. The molecule has 0 spiro atoms.